The van der Waals surface area contributed by atoms with E-state index in [1.807, 2.05) is 36.4 Å². The van der Waals surface area contributed by atoms with E-state index in [0.29, 0.717) is 22.8 Å². The van der Waals surface area contributed by atoms with Crippen molar-refractivity contribution in [3.05, 3.63) is 69.8 Å². The van der Waals surface area contributed by atoms with Crippen LogP contribution in [0.4, 0.5) is 0 Å². The van der Waals surface area contributed by atoms with Crippen LogP contribution in [0.5, 0.6) is 0 Å². The Morgan fingerprint density at radius 2 is 1.92 bits per heavy atom. The van der Waals surface area contributed by atoms with Crippen molar-refractivity contribution in [1.82, 2.24) is 10.2 Å². The minimum Gasteiger partial charge on any atom is -0.469 e. The Morgan fingerprint density at radius 1 is 1.17 bits per heavy atom. The van der Waals surface area contributed by atoms with Crippen molar-refractivity contribution < 1.29 is 13.9 Å². The van der Waals surface area contributed by atoms with E-state index in [1.165, 1.54) is 7.11 Å². The summed E-state index contributed by atoms with van der Waals surface area (Å²) in [4.78, 5) is 23.9. The Labute approximate surface area is 138 Å². The van der Waals surface area contributed by atoms with Crippen molar-refractivity contribution in [3.8, 4) is 11.3 Å². The molecule has 0 saturated heterocycles. The van der Waals surface area contributed by atoms with Crippen molar-refractivity contribution in [2.75, 3.05) is 7.11 Å². The Hall–Kier alpha value is -3.02. The fraction of sp³-hybridized carbons (Fsp3) is 0.222. The molecule has 0 fully saturated rings. The fourth-order valence-corrected chi connectivity index (χ4v) is 2.77. The molecule has 1 atom stereocenters. The first-order valence-corrected chi connectivity index (χ1v) is 7.59. The predicted octanol–water partition coefficient (Wildman–Crippen LogP) is 2.97. The molecule has 0 aliphatic heterocycles. The highest BCUT2D eigenvalue weighted by atomic mass is 16.5. The number of furan rings is 1. The number of nitrogens with one attached hydrogen (secondary N) is 2. The average Bonchev–Trinajstić information content (AvgIpc) is 3.21. The van der Waals surface area contributed by atoms with Crippen LogP contribution in [0.25, 0.3) is 11.3 Å². The van der Waals surface area contributed by atoms with E-state index in [4.69, 9.17) is 9.15 Å². The summed E-state index contributed by atoms with van der Waals surface area (Å²) in [6.07, 6.45) is 0.0278. The molecule has 0 unspecified atom stereocenters. The van der Waals surface area contributed by atoms with Gasteiger partial charge in [0.1, 0.15) is 11.5 Å². The standard InChI is InChI=1S/C18H18N2O4/c1-11-17(18(22)20-19-11)13(10-16(21)23-2)15-9-8-14(24-15)12-6-4-3-5-7-12/h3-9,13H,10H2,1-2H3,(H2,19,20,22)/t13-/m1/s1. The lowest BCUT2D eigenvalue weighted by atomic mass is 9.93. The maximum Gasteiger partial charge on any atom is 0.306 e. The molecule has 0 aliphatic rings. The first-order valence-electron chi connectivity index (χ1n) is 7.59. The molecule has 0 amide bonds. The number of hydrogen-bond acceptors (Lipinski definition) is 4. The largest absolute Gasteiger partial charge is 0.469 e. The van der Waals surface area contributed by atoms with E-state index < -0.39 is 11.9 Å². The maximum atomic E-state index is 12.1. The molecule has 24 heavy (non-hydrogen) atoms. The highest BCUT2D eigenvalue weighted by Gasteiger charge is 2.27. The molecule has 1 aromatic carbocycles. The van der Waals surface area contributed by atoms with Crippen LogP contribution in [-0.4, -0.2) is 23.3 Å². The van der Waals surface area contributed by atoms with Gasteiger partial charge in [-0.15, -0.1) is 0 Å². The van der Waals surface area contributed by atoms with E-state index in [2.05, 4.69) is 10.2 Å². The van der Waals surface area contributed by atoms with Gasteiger partial charge in [0, 0.05) is 11.3 Å². The van der Waals surface area contributed by atoms with Crippen molar-refractivity contribution in [2.45, 2.75) is 19.3 Å². The van der Waals surface area contributed by atoms with Gasteiger partial charge in [0.15, 0.2) is 0 Å². The number of aromatic amines is 2. The number of aromatic nitrogens is 2. The maximum absolute atomic E-state index is 12.1. The van der Waals surface area contributed by atoms with Crippen molar-refractivity contribution >= 4 is 5.97 Å². The van der Waals surface area contributed by atoms with E-state index in [9.17, 15) is 9.59 Å². The van der Waals surface area contributed by atoms with Crippen LogP contribution >= 0.6 is 0 Å². The zero-order valence-electron chi connectivity index (χ0n) is 13.5. The second-order valence-electron chi connectivity index (χ2n) is 5.52. The minimum atomic E-state index is -0.509. The Morgan fingerprint density at radius 3 is 2.54 bits per heavy atom. The molecule has 0 saturated carbocycles. The summed E-state index contributed by atoms with van der Waals surface area (Å²) in [5.74, 6) is 0.320. The van der Waals surface area contributed by atoms with E-state index in [0.717, 1.165) is 5.56 Å². The summed E-state index contributed by atoms with van der Waals surface area (Å²) in [6.45, 7) is 1.78. The minimum absolute atomic E-state index is 0.0278. The van der Waals surface area contributed by atoms with Gasteiger partial charge in [-0.1, -0.05) is 30.3 Å². The third-order valence-corrected chi connectivity index (χ3v) is 3.99. The average molecular weight is 326 g/mol. The lowest BCUT2D eigenvalue weighted by Gasteiger charge is -2.12. The molecule has 2 heterocycles. The van der Waals surface area contributed by atoms with Crippen LogP contribution in [0.1, 0.15) is 29.4 Å². The van der Waals surface area contributed by atoms with Crippen LogP contribution in [0.2, 0.25) is 0 Å². The number of H-pyrrole nitrogens is 2. The van der Waals surface area contributed by atoms with Gasteiger partial charge in [0.25, 0.3) is 5.56 Å². The molecule has 3 aromatic rings. The summed E-state index contributed by atoms with van der Waals surface area (Å²) in [6, 6.07) is 13.3. The van der Waals surface area contributed by atoms with Gasteiger partial charge in [-0.25, -0.2) is 0 Å². The van der Waals surface area contributed by atoms with E-state index >= 15 is 0 Å². The number of rotatable bonds is 5. The van der Waals surface area contributed by atoms with Crippen molar-refractivity contribution in [1.29, 1.82) is 0 Å². The summed E-state index contributed by atoms with van der Waals surface area (Å²) >= 11 is 0. The van der Waals surface area contributed by atoms with Crippen LogP contribution in [0, 0.1) is 6.92 Å². The Balaban J connectivity index is 2.02. The molecule has 6 nitrogen and oxygen atoms in total. The smallest absolute Gasteiger partial charge is 0.306 e. The van der Waals surface area contributed by atoms with Gasteiger partial charge in [0.05, 0.1) is 25.0 Å². The summed E-state index contributed by atoms with van der Waals surface area (Å²) in [5.41, 5.74) is 1.82. The van der Waals surface area contributed by atoms with Crippen LogP contribution < -0.4 is 5.56 Å². The number of carbonyl (C=O) groups is 1. The number of methoxy groups -OCH3 is 1. The van der Waals surface area contributed by atoms with Crippen LogP contribution in [0.15, 0.2) is 51.7 Å². The topological polar surface area (TPSA) is 88.1 Å². The second kappa shape index (κ2) is 6.62. The molecular formula is C18H18N2O4. The monoisotopic (exact) mass is 326 g/mol. The van der Waals surface area contributed by atoms with Crippen molar-refractivity contribution in [2.24, 2.45) is 0 Å². The molecule has 0 aliphatic carbocycles. The zero-order chi connectivity index (χ0) is 17.1. The number of carbonyl (C=O) groups excluding carboxylic acids is 1. The molecule has 0 bridgehead atoms. The van der Waals surface area contributed by atoms with Crippen LogP contribution in [-0.2, 0) is 9.53 Å². The quantitative estimate of drug-likeness (QED) is 0.706. The van der Waals surface area contributed by atoms with E-state index in [1.54, 1.807) is 13.0 Å². The van der Waals surface area contributed by atoms with Gasteiger partial charge in [0.2, 0.25) is 0 Å². The SMILES string of the molecule is COC(=O)C[C@H](c1ccc(-c2ccccc2)o1)c1c(C)[nH][nH]c1=O. The molecule has 0 radical (unpaired) electrons. The highest BCUT2D eigenvalue weighted by Crippen LogP contribution is 2.32. The lowest BCUT2D eigenvalue weighted by Crippen LogP contribution is -2.16. The normalized spacial score (nSPS) is 12.1. The lowest BCUT2D eigenvalue weighted by molar-refractivity contribution is -0.140. The number of ether oxygens (including phenoxy) is 1. The molecular weight excluding hydrogens is 308 g/mol. The van der Waals surface area contributed by atoms with Gasteiger partial charge >= 0.3 is 5.97 Å². The second-order valence-corrected chi connectivity index (χ2v) is 5.52. The molecule has 0 spiro atoms. The highest BCUT2D eigenvalue weighted by molar-refractivity contribution is 5.71. The summed E-state index contributed by atoms with van der Waals surface area (Å²) < 4.78 is 10.7. The first kappa shape index (κ1) is 15.9. The van der Waals surface area contributed by atoms with E-state index in [-0.39, 0.29) is 12.0 Å². The van der Waals surface area contributed by atoms with Crippen LogP contribution in [0.3, 0.4) is 0 Å². The summed E-state index contributed by atoms with van der Waals surface area (Å²) in [5, 5.41) is 5.33. The summed E-state index contributed by atoms with van der Waals surface area (Å²) in [7, 11) is 1.32. The Kier molecular flexibility index (Phi) is 4.37. The molecule has 6 heteroatoms. The number of hydrogen-bond donors (Lipinski definition) is 2. The fourth-order valence-electron chi connectivity index (χ4n) is 2.77. The third kappa shape index (κ3) is 3.03. The number of aryl methyl sites for hydroxylation is 1. The van der Waals surface area contributed by atoms with Crippen molar-refractivity contribution in [3.63, 3.8) is 0 Å². The first-order chi connectivity index (χ1) is 11.6. The predicted molar refractivity (Wildman–Crippen MR) is 88.8 cm³/mol. The number of benzene rings is 1. The van der Waals surface area contributed by atoms with Gasteiger partial charge in [-0.2, -0.15) is 0 Å². The molecule has 124 valence electrons. The van der Waals surface area contributed by atoms with Gasteiger partial charge in [-0.05, 0) is 19.1 Å². The van der Waals surface area contributed by atoms with Gasteiger partial charge < -0.3 is 14.3 Å². The number of esters is 1. The molecule has 2 aromatic heterocycles. The zero-order valence-corrected chi connectivity index (χ0v) is 13.5. The van der Waals surface area contributed by atoms with Gasteiger partial charge in [-0.3, -0.25) is 14.7 Å². The molecule has 2 N–H and O–H groups in total. The third-order valence-electron chi connectivity index (χ3n) is 3.99. The molecule has 3 rings (SSSR count). The Bertz CT molecular complexity index is 889.